The summed E-state index contributed by atoms with van der Waals surface area (Å²) in [6, 6.07) is 5.56. The van der Waals surface area contributed by atoms with E-state index in [1.807, 2.05) is 17.9 Å². The lowest BCUT2D eigenvalue weighted by Crippen LogP contribution is -2.51. The molecule has 5 nitrogen and oxygen atoms in total. The lowest BCUT2D eigenvalue weighted by Gasteiger charge is -2.39. The van der Waals surface area contributed by atoms with E-state index in [-0.39, 0.29) is 5.91 Å². The van der Waals surface area contributed by atoms with E-state index in [1.165, 1.54) is 0 Å². The Kier molecular flexibility index (Phi) is 3.12. The van der Waals surface area contributed by atoms with E-state index in [4.69, 9.17) is 5.11 Å². The molecule has 2 aliphatic heterocycles. The van der Waals surface area contributed by atoms with Gasteiger partial charge in [-0.05, 0) is 37.1 Å². The van der Waals surface area contributed by atoms with Crippen molar-refractivity contribution < 1.29 is 14.7 Å². The van der Waals surface area contributed by atoms with Gasteiger partial charge in [0.1, 0.15) is 0 Å². The zero-order valence-electron chi connectivity index (χ0n) is 11.5. The highest BCUT2D eigenvalue weighted by Crippen LogP contribution is 2.28. The highest BCUT2D eigenvalue weighted by Gasteiger charge is 2.35. The van der Waals surface area contributed by atoms with Crippen molar-refractivity contribution in [3.05, 3.63) is 29.3 Å². The van der Waals surface area contributed by atoms with Gasteiger partial charge in [0.15, 0.2) is 0 Å². The highest BCUT2D eigenvalue weighted by molar-refractivity contribution is 5.88. The average Bonchev–Trinajstić information content (AvgIpc) is 2.79. The van der Waals surface area contributed by atoms with Gasteiger partial charge in [0, 0.05) is 37.8 Å². The Balaban J connectivity index is 1.80. The number of hydrogen-bond acceptors (Lipinski definition) is 3. The molecule has 0 saturated carbocycles. The molecule has 2 aliphatic rings. The third kappa shape index (κ3) is 2.13. The number of amides is 1. The lowest BCUT2D eigenvalue weighted by molar-refractivity contribution is -0.129. The Hall–Kier alpha value is -2.04. The summed E-state index contributed by atoms with van der Waals surface area (Å²) in [5.41, 5.74) is 2.37. The molecule has 1 unspecified atom stereocenters. The first-order valence-electron chi connectivity index (χ1n) is 6.94. The molecule has 0 bridgehead atoms. The fourth-order valence-electron chi connectivity index (χ4n) is 3.23. The Labute approximate surface area is 117 Å². The predicted molar refractivity (Wildman–Crippen MR) is 75.1 cm³/mol. The molecule has 0 aliphatic carbocycles. The molecule has 1 atom stereocenters. The number of carboxylic acids is 1. The van der Waals surface area contributed by atoms with Crippen LogP contribution in [0, 0.1) is 6.92 Å². The molecule has 2 heterocycles. The number of benzene rings is 1. The van der Waals surface area contributed by atoms with Crippen LogP contribution in [0.5, 0.6) is 0 Å². The van der Waals surface area contributed by atoms with Gasteiger partial charge in [-0.3, -0.25) is 4.79 Å². The maximum Gasteiger partial charge on any atom is 0.335 e. The summed E-state index contributed by atoms with van der Waals surface area (Å²) in [7, 11) is 0. The number of fused-ring (bicyclic) bond motifs is 1. The number of anilines is 1. The molecular weight excluding hydrogens is 256 g/mol. The summed E-state index contributed by atoms with van der Waals surface area (Å²) >= 11 is 0. The number of carbonyl (C=O) groups is 2. The van der Waals surface area contributed by atoms with Crippen molar-refractivity contribution >= 4 is 17.6 Å². The molecular formula is C15H18N2O3. The van der Waals surface area contributed by atoms with Gasteiger partial charge in [0.05, 0.1) is 5.56 Å². The second-order valence-electron chi connectivity index (χ2n) is 5.53. The van der Waals surface area contributed by atoms with Crippen molar-refractivity contribution in [2.24, 2.45) is 0 Å². The van der Waals surface area contributed by atoms with E-state index in [0.29, 0.717) is 18.0 Å². The predicted octanol–water partition coefficient (Wildman–Crippen LogP) is 1.50. The lowest BCUT2D eigenvalue weighted by atomic mass is 10.1. The van der Waals surface area contributed by atoms with Crippen LogP contribution in [0.4, 0.5) is 5.69 Å². The summed E-state index contributed by atoms with van der Waals surface area (Å²) < 4.78 is 0. The van der Waals surface area contributed by atoms with Crippen LogP contribution in [-0.4, -0.2) is 47.6 Å². The first kappa shape index (κ1) is 13.0. The topological polar surface area (TPSA) is 60.9 Å². The Morgan fingerprint density at radius 1 is 1.35 bits per heavy atom. The van der Waals surface area contributed by atoms with E-state index in [0.717, 1.165) is 37.3 Å². The van der Waals surface area contributed by atoms with Crippen molar-refractivity contribution in [3.8, 4) is 0 Å². The van der Waals surface area contributed by atoms with E-state index in [2.05, 4.69) is 4.90 Å². The quantitative estimate of drug-likeness (QED) is 0.888. The van der Waals surface area contributed by atoms with E-state index >= 15 is 0 Å². The molecule has 1 aromatic rings. The van der Waals surface area contributed by atoms with Crippen LogP contribution in [0.25, 0.3) is 0 Å². The van der Waals surface area contributed by atoms with Crippen LogP contribution in [0.1, 0.15) is 28.8 Å². The number of aryl methyl sites for hydroxylation is 1. The van der Waals surface area contributed by atoms with Crippen LogP contribution in [-0.2, 0) is 4.79 Å². The van der Waals surface area contributed by atoms with Crippen molar-refractivity contribution in [1.82, 2.24) is 4.90 Å². The van der Waals surface area contributed by atoms with Gasteiger partial charge in [-0.15, -0.1) is 0 Å². The second kappa shape index (κ2) is 4.81. The number of piperazine rings is 1. The maximum absolute atomic E-state index is 11.7. The van der Waals surface area contributed by atoms with Crippen molar-refractivity contribution in [2.75, 3.05) is 24.5 Å². The van der Waals surface area contributed by atoms with Crippen LogP contribution >= 0.6 is 0 Å². The van der Waals surface area contributed by atoms with Crippen LogP contribution in [0.2, 0.25) is 0 Å². The van der Waals surface area contributed by atoms with Crippen LogP contribution in [0.15, 0.2) is 18.2 Å². The van der Waals surface area contributed by atoms with Gasteiger partial charge in [-0.1, -0.05) is 0 Å². The normalized spacial score (nSPS) is 22.1. The molecule has 2 saturated heterocycles. The zero-order valence-corrected chi connectivity index (χ0v) is 11.5. The summed E-state index contributed by atoms with van der Waals surface area (Å²) in [5, 5.41) is 9.01. The molecule has 1 N–H and O–H groups in total. The highest BCUT2D eigenvalue weighted by atomic mass is 16.4. The van der Waals surface area contributed by atoms with Crippen LogP contribution < -0.4 is 4.90 Å². The largest absolute Gasteiger partial charge is 0.478 e. The molecule has 3 rings (SSSR count). The number of carbonyl (C=O) groups excluding carboxylic acids is 1. The molecule has 0 spiro atoms. The maximum atomic E-state index is 11.7. The second-order valence-corrected chi connectivity index (χ2v) is 5.53. The van der Waals surface area contributed by atoms with E-state index < -0.39 is 5.97 Å². The molecule has 106 valence electrons. The van der Waals surface area contributed by atoms with E-state index in [9.17, 15) is 9.59 Å². The number of carboxylic acid groups (broad SMARTS) is 1. The minimum atomic E-state index is -0.897. The van der Waals surface area contributed by atoms with Crippen molar-refractivity contribution in [3.63, 3.8) is 0 Å². The van der Waals surface area contributed by atoms with Gasteiger partial charge >= 0.3 is 5.97 Å². The van der Waals surface area contributed by atoms with Gasteiger partial charge in [-0.2, -0.15) is 0 Å². The van der Waals surface area contributed by atoms with Gasteiger partial charge < -0.3 is 14.9 Å². The fourth-order valence-corrected chi connectivity index (χ4v) is 3.23. The summed E-state index contributed by atoms with van der Waals surface area (Å²) in [5.74, 6) is -0.626. The van der Waals surface area contributed by atoms with E-state index in [1.54, 1.807) is 12.1 Å². The monoisotopic (exact) mass is 274 g/mol. The first-order valence-corrected chi connectivity index (χ1v) is 6.94. The third-order valence-corrected chi connectivity index (χ3v) is 4.28. The molecule has 1 aromatic carbocycles. The number of hydrogen-bond donors (Lipinski definition) is 1. The first-order chi connectivity index (χ1) is 9.56. The van der Waals surface area contributed by atoms with Gasteiger partial charge in [-0.25, -0.2) is 4.79 Å². The number of nitrogens with zero attached hydrogens (tertiary/aromatic N) is 2. The van der Waals surface area contributed by atoms with Gasteiger partial charge in [0.25, 0.3) is 0 Å². The number of aromatic carboxylic acids is 1. The SMILES string of the molecule is Cc1cc(C(=O)O)ccc1N1CCN2C(=O)CCC2C1. The van der Waals surface area contributed by atoms with Gasteiger partial charge in [0.2, 0.25) is 5.91 Å². The fraction of sp³-hybridized carbons (Fsp3) is 0.467. The summed E-state index contributed by atoms with van der Waals surface area (Å²) in [4.78, 5) is 26.9. The summed E-state index contributed by atoms with van der Waals surface area (Å²) in [6.07, 6.45) is 1.59. The number of rotatable bonds is 2. The molecule has 20 heavy (non-hydrogen) atoms. The smallest absolute Gasteiger partial charge is 0.335 e. The van der Waals surface area contributed by atoms with Crippen molar-refractivity contribution in [1.29, 1.82) is 0 Å². The van der Waals surface area contributed by atoms with Crippen LogP contribution in [0.3, 0.4) is 0 Å². The minimum Gasteiger partial charge on any atom is -0.478 e. The average molecular weight is 274 g/mol. The Bertz CT molecular complexity index is 570. The third-order valence-electron chi connectivity index (χ3n) is 4.28. The Morgan fingerprint density at radius 2 is 2.15 bits per heavy atom. The molecule has 1 amide bonds. The molecule has 2 fully saturated rings. The molecule has 0 aromatic heterocycles. The zero-order chi connectivity index (χ0) is 14.3. The molecule has 5 heteroatoms. The standard InChI is InChI=1S/C15H18N2O3/c1-10-8-11(15(19)20)2-4-13(10)16-6-7-17-12(9-16)3-5-14(17)18/h2,4,8,12H,3,5-7,9H2,1H3,(H,19,20). The summed E-state index contributed by atoms with van der Waals surface area (Å²) in [6.45, 7) is 4.37. The molecule has 0 radical (unpaired) electrons. The minimum absolute atomic E-state index is 0.271. The Morgan fingerprint density at radius 3 is 2.85 bits per heavy atom. The van der Waals surface area contributed by atoms with Crippen molar-refractivity contribution in [2.45, 2.75) is 25.8 Å².